The second-order valence-electron chi connectivity index (χ2n) is 5.18. The monoisotopic (exact) mass is 287 g/mol. The largest absolute Gasteiger partial charge is 0.397 e. The first-order valence-electron chi connectivity index (χ1n) is 6.69. The van der Waals surface area contributed by atoms with Gasteiger partial charge in [0.2, 0.25) is 0 Å². The van der Waals surface area contributed by atoms with Crippen molar-refractivity contribution in [2.45, 2.75) is 19.4 Å². The number of ketones is 1. The summed E-state index contributed by atoms with van der Waals surface area (Å²) in [5.41, 5.74) is 7.59. The van der Waals surface area contributed by atoms with Crippen LogP contribution in [0, 0.1) is 5.92 Å². The number of hydrogen-bond donors (Lipinski definition) is 1. The summed E-state index contributed by atoms with van der Waals surface area (Å²) in [5, 5.41) is 1.01. The third-order valence-electron chi connectivity index (χ3n) is 3.42. The Kier molecular flexibility index (Phi) is 3.44. The summed E-state index contributed by atoms with van der Waals surface area (Å²) in [6, 6.07) is 7.76. The molecule has 1 aliphatic carbocycles. The van der Waals surface area contributed by atoms with Gasteiger partial charge in [0.15, 0.2) is 5.78 Å². The van der Waals surface area contributed by atoms with Gasteiger partial charge in [0, 0.05) is 19.2 Å². The average Bonchev–Trinajstić information content (AvgIpc) is 3.22. The molecule has 0 saturated heterocycles. The lowest BCUT2D eigenvalue weighted by Crippen LogP contribution is -2.15. The van der Waals surface area contributed by atoms with Gasteiger partial charge < -0.3 is 10.6 Å². The Hall–Kier alpha value is -1.88. The summed E-state index contributed by atoms with van der Waals surface area (Å²) in [7, 11) is 1.99. The van der Waals surface area contributed by atoms with Gasteiger partial charge in [-0.05, 0) is 31.0 Å². The highest BCUT2D eigenvalue weighted by Crippen LogP contribution is 2.39. The number of Topliss-reactive ketones (excluding diaryl/α,β-unsaturated/α-hetero) is 1. The zero-order valence-corrected chi connectivity index (χ0v) is 12.2. The SMILES string of the molecule is CN(Cc1ccccn1)c1cc(N)c(C(=O)C2CC2)s1. The molecule has 20 heavy (non-hydrogen) atoms. The minimum Gasteiger partial charge on any atom is -0.397 e. The quantitative estimate of drug-likeness (QED) is 0.859. The number of pyridine rings is 1. The minimum absolute atomic E-state index is 0.213. The van der Waals surface area contributed by atoms with Gasteiger partial charge in [-0.3, -0.25) is 9.78 Å². The summed E-state index contributed by atoms with van der Waals surface area (Å²) in [6.45, 7) is 0.706. The van der Waals surface area contributed by atoms with E-state index in [1.165, 1.54) is 11.3 Å². The molecule has 1 fully saturated rings. The van der Waals surface area contributed by atoms with Gasteiger partial charge in [0.05, 0.1) is 27.8 Å². The van der Waals surface area contributed by atoms with Gasteiger partial charge in [-0.2, -0.15) is 0 Å². The van der Waals surface area contributed by atoms with Crippen LogP contribution in [0.15, 0.2) is 30.5 Å². The molecule has 0 aliphatic heterocycles. The molecule has 1 saturated carbocycles. The van der Waals surface area contributed by atoms with Crippen molar-refractivity contribution in [3.05, 3.63) is 41.0 Å². The molecular weight excluding hydrogens is 270 g/mol. The average molecular weight is 287 g/mol. The van der Waals surface area contributed by atoms with Gasteiger partial charge >= 0.3 is 0 Å². The maximum absolute atomic E-state index is 12.1. The van der Waals surface area contributed by atoms with E-state index >= 15 is 0 Å². The number of nitrogens with zero attached hydrogens (tertiary/aromatic N) is 2. The molecule has 0 amide bonds. The zero-order valence-electron chi connectivity index (χ0n) is 11.4. The third kappa shape index (κ3) is 2.67. The van der Waals surface area contributed by atoms with Crippen molar-refractivity contribution in [3.8, 4) is 0 Å². The van der Waals surface area contributed by atoms with Crippen LogP contribution in [-0.2, 0) is 6.54 Å². The van der Waals surface area contributed by atoms with Crippen LogP contribution in [0.5, 0.6) is 0 Å². The fraction of sp³-hybridized carbons (Fsp3) is 0.333. The van der Waals surface area contributed by atoms with Crippen molar-refractivity contribution in [3.63, 3.8) is 0 Å². The zero-order chi connectivity index (χ0) is 14.1. The number of thiophene rings is 1. The first-order chi connectivity index (χ1) is 9.65. The Labute approximate surface area is 122 Å². The van der Waals surface area contributed by atoms with Crippen molar-refractivity contribution in [1.82, 2.24) is 4.98 Å². The Balaban J connectivity index is 1.76. The highest BCUT2D eigenvalue weighted by atomic mass is 32.1. The Morgan fingerprint density at radius 2 is 2.30 bits per heavy atom. The van der Waals surface area contributed by atoms with Crippen LogP contribution in [-0.4, -0.2) is 17.8 Å². The normalized spacial score (nSPS) is 14.2. The van der Waals surface area contributed by atoms with E-state index in [1.807, 2.05) is 31.3 Å². The van der Waals surface area contributed by atoms with Crippen molar-refractivity contribution in [2.24, 2.45) is 5.92 Å². The second kappa shape index (κ2) is 5.25. The lowest BCUT2D eigenvalue weighted by Gasteiger charge is -2.16. The maximum Gasteiger partial charge on any atom is 0.178 e. The molecule has 2 aromatic rings. The number of rotatable bonds is 5. The Bertz CT molecular complexity index is 619. The second-order valence-corrected chi connectivity index (χ2v) is 6.22. The van der Waals surface area contributed by atoms with E-state index in [0.29, 0.717) is 12.2 Å². The Morgan fingerprint density at radius 3 is 2.95 bits per heavy atom. The molecule has 2 aromatic heterocycles. The maximum atomic E-state index is 12.1. The lowest BCUT2D eigenvalue weighted by atomic mass is 10.2. The fourth-order valence-electron chi connectivity index (χ4n) is 2.12. The number of anilines is 2. The van der Waals surface area contributed by atoms with E-state index < -0.39 is 0 Å². The van der Waals surface area contributed by atoms with Gasteiger partial charge in [-0.15, -0.1) is 11.3 Å². The van der Waals surface area contributed by atoms with Crippen molar-refractivity contribution < 1.29 is 4.79 Å². The molecule has 0 bridgehead atoms. The van der Waals surface area contributed by atoms with Gasteiger partial charge in [-0.25, -0.2) is 0 Å². The highest BCUT2D eigenvalue weighted by Gasteiger charge is 2.32. The molecular formula is C15H17N3OS. The van der Waals surface area contributed by atoms with Gasteiger partial charge in [-0.1, -0.05) is 6.07 Å². The molecule has 0 atom stereocenters. The standard InChI is InChI=1S/C15H17N3OS/c1-18(9-11-4-2-3-7-17-11)13-8-12(16)15(20-13)14(19)10-5-6-10/h2-4,7-8,10H,5-6,9,16H2,1H3. The van der Waals surface area contributed by atoms with Gasteiger partial charge in [0.25, 0.3) is 0 Å². The molecule has 2 heterocycles. The first kappa shape index (κ1) is 13.1. The predicted octanol–water partition coefficient (Wildman–Crippen LogP) is 2.95. The van der Waals surface area contributed by atoms with E-state index in [2.05, 4.69) is 9.88 Å². The predicted molar refractivity (Wildman–Crippen MR) is 82.1 cm³/mol. The summed E-state index contributed by atoms with van der Waals surface area (Å²) in [4.78, 5) is 19.2. The molecule has 2 N–H and O–H groups in total. The van der Waals surface area contributed by atoms with Crippen molar-refractivity contribution >= 4 is 27.8 Å². The minimum atomic E-state index is 0.213. The molecule has 0 aromatic carbocycles. The number of carbonyl (C=O) groups excluding carboxylic acids is 1. The number of nitrogens with two attached hydrogens (primary N) is 1. The van der Waals surface area contributed by atoms with Crippen LogP contribution in [0.4, 0.5) is 10.7 Å². The van der Waals surface area contributed by atoms with Crippen LogP contribution in [0.2, 0.25) is 0 Å². The topological polar surface area (TPSA) is 59.2 Å². The summed E-state index contributed by atoms with van der Waals surface area (Å²) in [5.74, 6) is 0.426. The molecule has 0 spiro atoms. The van der Waals surface area contributed by atoms with E-state index in [9.17, 15) is 4.79 Å². The van der Waals surface area contributed by atoms with Crippen LogP contribution >= 0.6 is 11.3 Å². The van der Waals surface area contributed by atoms with Crippen molar-refractivity contribution in [1.29, 1.82) is 0 Å². The Morgan fingerprint density at radius 1 is 1.50 bits per heavy atom. The molecule has 5 heteroatoms. The van der Waals surface area contributed by atoms with Crippen LogP contribution in [0.25, 0.3) is 0 Å². The van der Waals surface area contributed by atoms with Gasteiger partial charge in [0.1, 0.15) is 0 Å². The van der Waals surface area contributed by atoms with Crippen molar-refractivity contribution in [2.75, 3.05) is 17.7 Å². The fourth-order valence-corrected chi connectivity index (χ4v) is 3.18. The van der Waals surface area contributed by atoms with Crippen LogP contribution < -0.4 is 10.6 Å². The third-order valence-corrected chi connectivity index (χ3v) is 4.70. The number of nitrogen functional groups attached to an aromatic ring is 1. The van der Waals surface area contributed by atoms with Crippen LogP contribution in [0.1, 0.15) is 28.2 Å². The van der Waals surface area contributed by atoms with Crippen LogP contribution in [0.3, 0.4) is 0 Å². The molecule has 3 rings (SSSR count). The highest BCUT2D eigenvalue weighted by molar-refractivity contribution is 7.18. The number of hydrogen-bond acceptors (Lipinski definition) is 5. The molecule has 0 radical (unpaired) electrons. The van der Waals surface area contributed by atoms with E-state index in [-0.39, 0.29) is 11.7 Å². The summed E-state index contributed by atoms with van der Waals surface area (Å²) >= 11 is 1.49. The van der Waals surface area contributed by atoms with E-state index in [4.69, 9.17) is 5.73 Å². The van der Waals surface area contributed by atoms with E-state index in [0.717, 1.165) is 28.4 Å². The number of aromatic nitrogens is 1. The summed E-state index contributed by atoms with van der Waals surface area (Å²) < 4.78 is 0. The summed E-state index contributed by atoms with van der Waals surface area (Å²) in [6.07, 6.45) is 3.80. The smallest absolute Gasteiger partial charge is 0.178 e. The molecule has 4 nitrogen and oxygen atoms in total. The lowest BCUT2D eigenvalue weighted by molar-refractivity contribution is 0.0972. The molecule has 0 unspecified atom stereocenters. The first-order valence-corrected chi connectivity index (χ1v) is 7.51. The number of carbonyl (C=O) groups is 1. The molecule has 104 valence electrons. The van der Waals surface area contributed by atoms with E-state index in [1.54, 1.807) is 6.20 Å². The molecule has 1 aliphatic rings.